The van der Waals surface area contributed by atoms with Crippen molar-refractivity contribution >= 4 is 17.1 Å². The average Bonchev–Trinajstić information content (AvgIpc) is 3.36. The molecule has 0 amide bonds. The molecule has 0 spiro atoms. The summed E-state index contributed by atoms with van der Waals surface area (Å²) in [5.41, 5.74) is 16.2. The molecular weight excluding hydrogens is 555 g/mol. The van der Waals surface area contributed by atoms with E-state index in [4.69, 9.17) is 0 Å². The summed E-state index contributed by atoms with van der Waals surface area (Å²) in [5.74, 6) is 0. The van der Waals surface area contributed by atoms with Gasteiger partial charge in [0.25, 0.3) is 0 Å². The lowest BCUT2D eigenvalue weighted by atomic mass is 9.79. The quantitative estimate of drug-likeness (QED) is 0.186. The minimum absolute atomic E-state index is 0.0613. The number of nitrogens with zero attached hydrogens (tertiary/aromatic N) is 1. The zero-order chi connectivity index (χ0) is 31.1. The monoisotopic (exact) mass is 589 g/mol. The van der Waals surface area contributed by atoms with Crippen molar-refractivity contribution in [3.8, 4) is 44.5 Å². The van der Waals surface area contributed by atoms with Crippen molar-refractivity contribution in [3.05, 3.63) is 187 Å². The summed E-state index contributed by atoms with van der Waals surface area (Å²) in [4.78, 5) is 2.35. The summed E-state index contributed by atoms with van der Waals surface area (Å²) in [6, 6.07) is 63.6. The number of fused-ring (bicyclic) bond motifs is 3. The van der Waals surface area contributed by atoms with E-state index in [1.807, 2.05) is 0 Å². The molecule has 1 aliphatic carbocycles. The Bertz CT molecular complexity index is 2040. The topological polar surface area (TPSA) is 3.24 Å². The standard InChI is InChI=1S/C45H35N/c1-45(2)43-19-10-9-16-41(43)42-18-11-17-40(44(42)45)36-24-30-39(31-25-36)46(37-26-20-34(21-27-37)32-12-5-3-6-13-32)38-28-22-35(23-29-38)33-14-7-4-8-15-33/h3-31H,1-2H3. The van der Waals surface area contributed by atoms with Crippen LogP contribution < -0.4 is 4.90 Å². The predicted octanol–water partition coefficient (Wildman–Crippen LogP) is 12.5. The van der Waals surface area contributed by atoms with Crippen LogP contribution in [0.15, 0.2) is 176 Å². The number of anilines is 3. The molecule has 1 aliphatic rings. The van der Waals surface area contributed by atoms with Gasteiger partial charge in [0, 0.05) is 22.5 Å². The molecule has 1 nitrogen and oxygen atoms in total. The summed E-state index contributed by atoms with van der Waals surface area (Å²) < 4.78 is 0. The van der Waals surface area contributed by atoms with Crippen LogP contribution in [0.25, 0.3) is 44.5 Å². The van der Waals surface area contributed by atoms with Crippen LogP contribution in [0.4, 0.5) is 17.1 Å². The Morgan fingerprint density at radius 1 is 0.326 bits per heavy atom. The van der Waals surface area contributed by atoms with E-state index in [1.165, 1.54) is 55.6 Å². The fourth-order valence-corrected chi connectivity index (χ4v) is 7.19. The maximum absolute atomic E-state index is 2.36. The van der Waals surface area contributed by atoms with Gasteiger partial charge in [-0.3, -0.25) is 0 Å². The molecular formula is C45H35N. The van der Waals surface area contributed by atoms with Gasteiger partial charge in [0.2, 0.25) is 0 Å². The first kappa shape index (κ1) is 27.9. The molecule has 8 rings (SSSR count). The summed E-state index contributed by atoms with van der Waals surface area (Å²) in [7, 11) is 0. The third-order valence-corrected chi connectivity index (χ3v) is 9.48. The summed E-state index contributed by atoms with van der Waals surface area (Å²) in [6.07, 6.45) is 0. The van der Waals surface area contributed by atoms with Gasteiger partial charge < -0.3 is 4.90 Å². The van der Waals surface area contributed by atoms with Crippen molar-refractivity contribution in [1.82, 2.24) is 0 Å². The molecule has 0 atom stereocenters. The maximum atomic E-state index is 2.36. The Morgan fingerprint density at radius 2 is 0.717 bits per heavy atom. The molecule has 0 aliphatic heterocycles. The van der Waals surface area contributed by atoms with Crippen LogP contribution in [-0.4, -0.2) is 0 Å². The van der Waals surface area contributed by atoms with E-state index in [9.17, 15) is 0 Å². The van der Waals surface area contributed by atoms with Gasteiger partial charge in [-0.25, -0.2) is 0 Å². The van der Waals surface area contributed by atoms with E-state index in [2.05, 4.69) is 195 Å². The summed E-state index contributed by atoms with van der Waals surface area (Å²) >= 11 is 0. The van der Waals surface area contributed by atoms with Crippen molar-refractivity contribution in [3.63, 3.8) is 0 Å². The Morgan fingerprint density at radius 3 is 1.24 bits per heavy atom. The molecule has 0 heterocycles. The molecule has 0 unspecified atom stereocenters. The van der Waals surface area contributed by atoms with Crippen molar-refractivity contribution in [1.29, 1.82) is 0 Å². The van der Waals surface area contributed by atoms with Crippen LogP contribution in [-0.2, 0) is 5.41 Å². The van der Waals surface area contributed by atoms with E-state index in [1.54, 1.807) is 0 Å². The van der Waals surface area contributed by atoms with E-state index >= 15 is 0 Å². The fourth-order valence-electron chi connectivity index (χ4n) is 7.19. The Balaban J connectivity index is 1.19. The summed E-state index contributed by atoms with van der Waals surface area (Å²) in [5, 5.41) is 0. The lowest BCUT2D eigenvalue weighted by Gasteiger charge is -2.27. The first-order valence-electron chi connectivity index (χ1n) is 16.0. The van der Waals surface area contributed by atoms with Gasteiger partial charge in [0.15, 0.2) is 0 Å². The predicted molar refractivity (Wildman–Crippen MR) is 195 cm³/mol. The van der Waals surface area contributed by atoms with Gasteiger partial charge >= 0.3 is 0 Å². The van der Waals surface area contributed by atoms with Crippen LogP contribution >= 0.6 is 0 Å². The second-order valence-electron chi connectivity index (χ2n) is 12.6. The van der Waals surface area contributed by atoms with Crippen molar-refractivity contribution < 1.29 is 0 Å². The maximum Gasteiger partial charge on any atom is 0.0462 e. The Hall–Kier alpha value is -5.66. The highest BCUT2D eigenvalue weighted by Gasteiger charge is 2.37. The van der Waals surface area contributed by atoms with Crippen LogP contribution in [0.2, 0.25) is 0 Å². The molecule has 0 saturated heterocycles. The van der Waals surface area contributed by atoms with Gasteiger partial charge in [0.05, 0.1) is 0 Å². The molecule has 220 valence electrons. The van der Waals surface area contributed by atoms with Gasteiger partial charge in [0.1, 0.15) is 0 Å². The fraction of sp³-hybridized carbons (Fsp3) is 0.0667. The van der Waals surface area contributed by atoms with Crippen LogP contribution in [0.3, 0.4) is 0 Å². The zero-order valence-corrected chi connectivity index (χ0v) is 26.2. The smallest absolute Gasteiger partial charge is 0.0462 e. The van der Waals surface area contributed by atoms with E-state index < -0.39 is 0 Å². The molecule has 0 saturated carbocycles. The molecule has 7 aromatic rings. The van der Waals surface area contributed by atoms with E-state index in [0.717, 1.165) is 17.1 Å². The van der Waals surface area contributed by atoms with Gasteiger partial charge in [-0.15, -0.1) is 0 Å². The first-order valence-corrected chi connectivity index (χ1v) is 16.0. The molecule has 46 heavy (non-hydrogen) atoms. The second kappa shape index (κ2) is 11.4. The average molecular weight is 590 g/mol. The van der Waals surface area contributed by atoms with Gasteiger partial charge in [-0.2, -0.15) is 0 Å². The largest absolute Gasteiger partial charge is 0.311 e. The van der Waals surface area contributed by atoms with Crippen molar-refractivity contribution in [2.45, 2.75) is 19.3 Å². The summed E-state index contributed by atoms with van der Waals surface area (Å²) in [6.45, 7) is 4.71. The number of hydrogen-bond donors (Lipinski definition) is 0. The normalized spacial score (nSPS) is 12.7. The third kappa shape index (κ3) is 4.82. The SMILES string of the molecule is CC1(C)c2ccccc2-c2cccc(-c3ccc(N(c4ccc(-c5ccccc5)cc4)c4ccc(-c5ccccc5)cc4)cc3)c21. The molecule has 0 N–H and O–H groups in total. The molecule has 7 aromatic carbocycles. The molecule has 0 aromatic heterocycles. The number of benzene rings is 7. The van der Waals surface area contributed by atoms with Crippen molar-refractivity contribution in [2.75, 3.05) is 4.90 Å². The minimum Gasteiger partial charge on any atom is -0.311 e. The molecule has 1 heteroatoms. The lowest BCUT2D eigenvalue weighted by molar-refractivity contribution is 0.662. The third-order valence-electron chi connectivity index (χ3n) is 9.48. The van der Waals surface area contributed by atoms with Gasteiger partial charge in [-0.1, -0.05) is 153 Å². The van der Waals surface area contributed by atoms with Crippen LogP contribution in [0.5, 0.6) is 0 Å². The van der Waals surface area contributed by atoms with E-state index in [-0.39, 0.29) is 5.41 Å². The Kier molecular flexibility index (Phi) is 6.88. The van der Waals surface area contributed by atoms with Gasteiger partial charge in [-0.05, 0) is 92.0 Å². The Labute approximate surface area is 272 Å². The highest BCUT2D eigenvalue weighted by Crippen LogP contribution is 2.52. The van der Waals surface area contributed by atoms with Crippen LogP contribution in [0.1, 0.15) is 25.0 Å². The first-order chi connectivity index (χ1) is 22.6. The van der Waals surface area contributed by atoms with Crippen molar-refractivity contribution in [2.24, 2.45) is 0 Å². The molecule has 0 bridgehead atoms. The highest BCUT2D eigenvalue weighted by atomic mass is 15.1. The van der Waals surface area contributed by atoms with Crippen LogP contribution in [0, 0.1) is 0 Å². The number of rotatable bonds is 6. The molecule has 0 fully saturated rings. The zero-order valence-electron chi connectivity index (χ0n) is 26.2. The highest BCUT2D eigenvalue weighted by molar-refractivity contribution is 5.89. The minimum atomic E-state index is -0.0613. The molecule has 0 radical (unpaired) electrons. The lowest BCUT2D eigenvalue weighted by Crippen LogP contribution is -2.16. The second-order valence-corrected chi connectivity index (χ2v) is 12.6. The number of hydrogen-bond acceptors (Lipinski definition) is 1. The van der Waals surface area contributed by atoms with E-state index in [0.29, 0.717) is 0 Å².